The van der Waals surface area contributed by atoms with Crippen LogP contribution in [0.3, 0.4) is 0 Å². The zero-order valence-corrected chi connectivity index (χ0v) is 18.9. The Kier molecular flexibility index (Phi) is 7.72. The molecule has 2 aromatic carbocycles. The van der Waals surface area contributed by atoms with Crippen molar-refractivity contribution < 1.29 is 23.7 Å². The molecule has 0 aliphatic rings. The van der Waals surface area contributed by atoms with Gasteiger partial charge >= 0.3 is 0 Å². The Morgan fingerprint density at radius 2 is 1.61 bits per heavy atom. The van der Waals surface area contributed by atoms with E-state index in [2.05, 4.69) is 10.3 Å². The third-order valence-corrected chi connectivity index (χ3v) is 5.04. The van der Waals surface area contributed by atoms with Crippen LogP contribution in [0.5, 0.6) is 23.0 Å². The molecule has 1 aromatic heterocycles. The van der Waals surface area contributed by atoms with Crippen LogP contribution < -0.4 is 24.3 Å². The van der Waals surface area contributed by atoms with E-state index in [1.54, 1.807) is 19.2 Å². The number of hydrogen-bond acceptors (Lipinski definition) is 7. The third kappa shape index (κ3) is 5.27. The van der Waals surface area contributed by atoms with Crippen LogP contribution >= 0.6 is 11.3 Å². The first-order chi connectivity index (χ1) is 15.1. The van der Waals surface area contributed by atoms with Crippen LogP contribution in [-0.2, 0) is 0 Å². The van der Waals surface area contributed by atoms with Crippen molar-refractivity contribution in [3.05, 3.63) is 47.3 Å². The number of carbonyl (C=O) groups excluding carboxylic acids is 1. The summed E-state index contributed by atoms with van der Waals surface area (Å²) in [5, 5.41) is 5.21. The Morgan fingerprint density at radius 1 is 0.968 bits per heavy atom. The minimum Gasteiger partial charge on any atom is -0.496 e. The summed E-state index contributed by atoms with van der Waals surface area (Å²) in [6, 6.07) is 10.9. The molecule has 164 valence electrons. The molecule has 3 aromatic rings. The number of benzene rings is 2. The number of rotatable bonds is 10. The minimum absolute atomic E-state index is 0.314. The predicted octanol–water partition coefficient (Wildman–Crippen LogP) is 5.27. The number of anilines is 1. The fourth-order valence-electron chi connectivity index (χ4n) is 3.00. The van der Waals surface area contributed by atoms with Crippen LogP contribution in [-0.4, -0.2) is 37.8 Å². The van der Waals surface area contributed by atoms with Gasteiger partial charge in [0.1, 0.15) is 5.75 Å². The van der Waals surface area contributed by atoms with E-state index in [4.69, 9.17) is 18.9 Å². The van der Waals surface area contributed by atoms with E-state index in [-0.39, 0.29) is 5.91 Å². The number of para-hydroxylation sites is 1. The molecular weight excluding hydrogens is 416 g/mol. The quantitative estimate of drug-likeness (QED) is 0.461. The van der Waals surface area contributed by atoms with Gasteiger partial charge in [-0.15, -0.1) is 11.3 Å². The zero-order chi connectivity index (χ0) is 22.2. The number of aromatic nitrogens is 1. The van der Waals surface area contributed by atoms with Crippen molar-refractivity contribution in [2.24, 2.45) is 0 Å². The molecule has 3 rings (SSSR count). The molecule has 1 amide bonds. The van der Waals surface area contributed by atoms with Crippen molar-refractivity contribution in [1.29, 1.82) is 0 Å². The Hall–Kier alpha value is -3.26. The molecule has 0 aliphatic heterocycles. The van der Waals surface area contributed by atoms with Crippen molar-refractivity contribution in [3.8, 4) is 34.3 Å². The maximum Gasteiger partial charge on any atom is 0.257 e. The lowest BCUT2D eigenvalue weighted by atomic mass is 10.1. The van der Waals surface area contributed by atoms with Gasteiger partial charge in [-0.05, 0) is 45.0 Å². The van der Waals surface area contributed by atoms with E-state index in [0.29, 0.717) is 47.8 Å². The number of methoxy groups -OCH3 is 1. The number of nitrogens with one attached hydrogen (secondary N) is 1. The van der Waals surface area contributed by atoms with E-state index in [9.17, 15) is 4.79 Å². The Balaban J connectivity index is 1.87. The molecule has 1 N–H and O–H groups in total. The van der Waals surface area contributed by atoms with Crippen molar-refractivity contribution in [1.82, 2.24) is 4.98 Å². The summed E-state index contributed by atoms with van der Waals surface area (Å²) in [5.41, 5.74) is 1.99. The van der Waals surface area contributed by atoms with Gasteiger partial charge in [0.15, 0.2) is 16.6 Å². The van der Waals surface area contributed by atoms with Crippen molar-refractivity contribution in [2.45, 2.75) is 20.8 Å². The summed E-state index contributed by atoms with van der Waals surface area (Å²) in [6.45, 7) is 6.96. The van der Waals surface area contributed by atoms with Gasteiger partial charge in [0, 0.05) is 16.5 Å². The van der Waals surface area contributed by atoms with Crippen LogP contribution in [0.1, 0.15) is 31.1 Å². The Labute approximate surface area is 185 Å². The number of nitrogens with zero attached hydrogens (tertiary/aromatic N) is 1. The normalized spacial score (nSPS) is 10.5. The molecule has 0 fully saturated rings. The SMILES string of the molecule is CCOc1cc(C(=O)Nc2nc(-c3ccccc3OC)cs2)cc(OCC)c1OCC. The summed E-state index contributed by atoms with van der Waals surface area (Å²) >= 11 is 1.34. The standard InChI is InChI=1S/C23H26N2O5S/c1-5-28-19-12-15(13-20(29-6-2)21(19)30-7-3)22(26)25-23-24-17(14-31-23)16-10-8-9-11-18(16)27-4/h8-14H,5-7H2,1-4H3,(H,24,25,26). The monoisotopic (exact) mass is 442 g/mol. The van der Waals surface area contributed by atoms with E-state index in [1.807, 2.05) is 50.4 Å². The predicted molar refractivity (Wildman–Crippen MR) is 122 cm³/mol. The zero-order valence-electron chi connectivity index (χ0n) is 18.1. The van der Waals surface area contributed by atoms with Gasteiger partial charge < -0.3 is 18.9 Å². The first-order valence-corrected chi connectivity index (χ1v) is 11.0. The maximum atomic E-state index is 12.9. The van der Waals surface area contributed by atoms with Gasteiger partial charge in [0.25, 0.3) is 5.91 Å². The highest BCUT2D eigenvalue weighted by Gasteiger charge is 2.19. The van der Waals surface area contributed by atoms with Crippen LogP contribution in [0.4, 0.5) is 5.13 Å². The van der Waals surface area contributed by atoms with Gasteiger partial charge in [0.05, 0.1) is 32.6 Å². The smallest absolute Gasteiger partial charge is 0.257 e. The second-order valence-electron chi connectivity index (χ2n) is 6.29. The summed E-state index contributed by atoms with van der Waals surface area (Å²) in [5.74, 6) is 1.84. The molecule has 0 saturated heterocycles. The molecule has 0 atom stereocenters. The second-order valence-corrected chi connectivity index (χ2v) is 7.15. The number of carbonyl (C=O) groups is 1. The molecular formula is C23H26N2O5S. The van der Waals surface area contributed by atoms with Gasteiger partial charge in [-0.3, -0.25) is 10.1 Å². The molecule has 0 unspecified atom stereocenters. The van der Waals surface area contributed by atoms with Crippen LogP contribution in [0.2, 0.25) is 0 Å². The minimum atomic E-state index is -0.314. The van der Waals surface area contributed by atoms with E-state index in [0.717, 1.165) is 17.0 Å². The van der Waals surface area contributed by atoms with Crippen LogP contribution in [0.25, 0.3) is 11.3 Å². The largest absolute Gasteiger partial charge is 0.496 e. The van der Waals surface area contributed by atoms with Crippen LogP contribution in [0.15, 0.2) is 41.8 Å². The van der Waals surface area contributed by atoms with Gasteiger partial charge in [-0.25, -0.2) is 4.98 Å². The number of thiazole rings is 1. The highest BCUT2D eigenvalue weighted by molar-refractivity contribution is 7.14. The fourth-order valence-corrected chi connectivity index (χ4v) is 3.71. The summed E-state index contributed by atoms with van der Waals surface area (Å²) < 4.78 is 22.5. The van der Waals surface area contributed by atoms with Crippen molar-refractivity contribution in [3.63, 3.8) is 0 Å². The molecule has 0 bridgehead atoms. The first-order valence-electron chi connectivity index (χ1n) is 10.1. The van der Waals surface area contributed by atoms with Crippen molar-refractivity contribution in [2.75, 3.05) is 32.2 Å². The molecule has 8 heteroatoms. The van der Waals surface area contributed by atoms with Gasteiger partial charge in [0.2, 0.25) is 5.75 Å². The second kappa shape index (κ2) is 10.7. The summed E-state index contributed by atoms with van der Waals surface area (Å²) in [4.78, 5) is 17.5. The molecule has 0 radical (unpaired) electrons. The number of amides is 1. The highest BCUT2D eigenvalue weighted by atomic mass is 32.1. The lowest BCUT2D eigenvalue weighted by molar-refractivity contribution is 0.102. The van der Waals surface area contributed by atoms with E-state index in [1.165, 1.54) is 11.3 Å². The number of hydrogen-bond donors (Lipinski definition) is 1. The average Bonchev–Trinajstić information content (AvgIpc) is 3.24. The number of ether oxygens (including phenoxy) is 4. The van der Waals surface area contributed by atoms with Gasteiger partial charge in [-0.2, -0.15) is 0 Å². The fraction of sp³-hybridized carbons (Fsp3) is 0.304. The van der Waals surface area contributed by atoms with E-state index >= 15 is 0 Å². The molecule has 1 heterocycles. The summed E-state index contributed by atoms with van der Waals surface area (Å²) in [7, 11) is 1.62. The lowest BCUT2D eigenvalue weighted by Gasteiger charge is -2.16. The Bertz CT molecular complexity index is 1010. The molecule has 0 spiro atoms. The molecule has 7 nitrogen and oxygen atoms in total. The lowest BCUT2D eigenvalue weighted by Crippen LogP contribution is -2.13. The van der Waals surface area contributed by atoms with Crippen molar-refractivity contribution >= 4 is 22.4 Å². The molecule has 31 heavy (non-hydrogen) atoms. The van der Waals surface area contributed by atoms with Gasteiger partial charge in [-0.1, -0.05) is 12.1 Å². The maximum absolute atomic E-state index is 12.9. The topological polar surface area (TPSA) is 78.9 Å². The first kappa shape index (κ1) is 22.4. The van der Waals surface area contributed by atoms with Crippen LogP contribution in [0, 0.1) is 0 Å². The molecule has 0 saturated carbocycles. The average molecular weight is 443 g/mol. The third-order valence-electron chi connectivity index (χ3n) is 4.28. The molecule has 0 aliphatic carbocycles. The Morgan fingerprint density at radius 3 is 2.23 bits per heavy atom. The highest BCUT2D eigenvalue weighted by Crippen LogP contribution is 2.39. The summed E-state index contributed by atoms with van der Waals surface area (Å²) in [6.07, 6.45) is 0. The van der Waals surface area contributed by atoms with E-state index < -0.39 is 0 Å².